The van der Waals surface area contributed by atoms with Crippen molar-refractivity contribution < 1.29 is 0 Å². The van der Waals surface area contributed by atoms with Crippen molar-refractivity contribution in [2.45, 2.75) is 88.4 Å². The van der Waals surface area contributed by atoms with Gasteiger partial charge in [-0.25, -0.2) is 0 Å². The van der Waals surface area contributed by atoms with E-state index in [1.165, 1.54) is 113 Å². The zero-order valence-corrected chi connectivity index (χ0v) is 34.3. The molecular formula is C57H53N. The summed E-state index contributed by atoms with van der Waals surface area (Å²) in [4.78, 5) is 2.73. The number of rotatable bonds is 3. The van der Waals surface area contributed by atoms with Gasteiger partial charge in [-0.2, -0.15) is 0 Å². The molecule has 9 atom stereocenters. The molecule has 15 rings (SSSR count). The monoisotopic (exact) mass is 751 g/mol. The summed E-state index contributed by atoms with van der Waals surface area (Å²) < 4.78 is 0. The lowest BCUT2D eigenvalue weighted by Gasteiger charge is -2.64. The molecule has 0 aromatic heterocycles. The van der Waals surface area contributed by atoms with Crippen LogP contribution in [-0.4, -0.2) is 0 Å². The van der Waals surface area contributed by atoms with E-state index in [0.29, 0.717) is 5.92 Å². The number of hydrogen-bond acceptors (Lipinski definition) is 1. The Kier molecular flexibility index (Phi) is 6.28. The molecule has 2 spiro atoms. The van der Waals surface area contributed by atoms with Crippen LogP contribution < -0.4 is 4.90 Å². The number of benzene rings is 6. The SMILES string of the molecule is C[C@H]1C2CC3CC(C2)C2(c4ccccc4-c4ccc(N(c5ccc6c(c5)C5(CC7CCC5C7)c5ccccc5-6)c5cccc6c5C(C)(C)c5ccccc5-6)cc42)C1C3. The van der Waals surface area contributed by atoms with E-state index < -0.39 is 0 Å². The molecule has 1 nitrogen and oxygen atoms in total. The summed E-state index contributed by atoms with van der Waals surface area (Å²) >= 11 is 0. The molecule has 0 heterocycles. The molecule has 0 amide bonds. The van der Waals surface area contributed by atoms with E-state index in [2.05, 4.69) is 153 Å². The molecule has 1 heteroatoms. The summed E-state index contributed by atoms with van der Waals surface area (Å²) in [6.45, 7) is 7.56. The van der Waals surface area contributed by atoms with Crippen LogP contribution in [0.2, 0.25) is 0 Å². The molecule has 58 heavy (non-hydrogen) atoms. The fourth-order valence-corrected chi connectivity index (χ4v) is 16.5. The first-order chi connectivity index (χ1) is 28.4. The van der Waals surface area contributed by atoms with Gasteiger partial charge < -0.3 is 4.90 Å². The van der Waals surface area contributed by atoms with E-state index in [0.717, 1.165) is 35.5 Å². The summed E-state index contributed by atoms with van der Waals surface area (Å²) in [5.41, 5.74) is 22.2. The lowest BCUT2D eigenvalue weighted by molar-refractivity contribution is -0.0817. The van der Waals surface area contributed by atoms with Gasteiger partial charge in [-0.1, -0.05) is 124 Å². The van der Waals surface area contributed by atoms with Crippen LogP contribution in [-0.2, 0) is 16.2 Å². The number of anilines is 3. The Hall–Kier alpha value is -4.88. The minimum Gasteiger partial charge on any atom is -0.310 e. The molecule has 6 saturated carbocycles. The van der Waals surface area contributed by atoms with Crippen molar-refractivity contribution >= 4 is 17.1 Å². The highest BCUT2D eigenvalue weighted by Crippen LogP contribution is 2.72. The number of nitrogens with zero attached hydrogens (tertiary/aromatic N) is 1. The first kappa shape index (κ1) is 33.0. The first-order valence-electron chi connectivity index (χ1n) is 22.9. The van der Waals surface area contributed by atoms with E-state index in [1.54, 1.807) is 22.3 Å². The van der Waals surface area contributed by atoms with Gasteiger partial charge in [0.1, 0.15) is 0 Å². The molecule has 9 aliphatic rings. The predicted molar refractivity (Wildman–Crippen MR) is 238 cm³/mol. The predicted octanol–water partition coefficient (Wildman–Crippen LogP) is 14.5. The van der Waals surface area contributed by atoms with Crippen molar-refractivity contribution in [3.8, 4) is 33.4 Å². The molecule has 6 fully saturated rings. The topological polar surface area (TPSA) is 3.24 Å². The van der Waals surface area contributed by atoms with Gasteiger partial charge in [0.05, 0.1) is 5.69 Å². The van der Waals surface area contributed by atoms with Gasteiger partial charge in [0.2, 0.25) is 0 Å². The van der Waals surface area contributed by atoms with Crippen molar-refractivity contribution in [3.63, 3.8) is 0 Å². The molecule has 0 radical (unpaired) electrons. The smallest absolute Gasteiger partial charge is 0.0508 e. The van der Waals surface area contributed by atoms with E-state index >= 15 is 0 Å². The Morgan fingerprint density at radius 1 is 0.500 bits per heavy atom. The molecular weight excluding hydrogens is 699 g/mol. The second-order valence-electron chi connectivity index (χ2n) is 20.9. The molecule has 0 N–H and O–H groups in total. The van der Waals surface area contributed by atoms with Gasteiger partial charge in [-0.3, -0.25) is 0 Å². The van der Waals surface area contributed by atoms with Crippen LogP contribution in [0, 0.1) is 41.4 Å². The molecule has 8 unspecified atom stereocenters. The maximum absolute atomic E-state index is 2.73. The highest BCUT2D eigenvalue weighted by atomic mass is 15.1. The molecule has 286 valence electrons. The van der Waals surface area contributed by atoms with Gasteiger partial charge in [0.15, 0.2) is 0 Å². The Balaban J connectivity index is 1.03. The van der Waals surface area contributed by atoms with Crippen molar-refractivity contribution in [3.05, 3.63) is 161 Å². The number of fused-ring (bicyclic) bond motifs is 14. The maximum Gasteiger partial charge on any atom is 0.0508 e. The van der Waals surface area contributed by atoms with E-state index in [1.807, 2.05) is 0 Å². The quantitative estimate of drug-likeness (QED) is 0.174. The normalized spacial score (nSPS) is 32.6. The van der Waals surface area contributed by atoms with Crippen LogP contribution in [0.5, 0.6) is 0 Å². The van der Waals surface area contributed by atoms with Crippen LogP contribution in [0.15, 0.2) is 127 Å². The summed E-state index contributed by atoms with van der Waals surface area (Å²) in [6.07, 6.45) is 11.1. The van der Waals surface area contributed by atoms with Gasteiger partial charge >= 0.3 is 0 Å². The molecule has 6 aromatic carbocycles. The summed E-state index contributed by atoms with van der Waals surface area (Å²) in [7, 11) is 0. The Bertz CT molecular complexity index is 2770. The first-order valence-corrected chi connectivity index (χ1v) is 22.9. The van der Waals surface area contributed by atoms with Crippen molar-refractivity contribution in [1.29, 1.82) is 0 Å². The minimum atomic E-state index is -0.134. The van der Waals surface area contributed by atoms with Crippen molar-refractivity contribution in [1.82, 2.24) is 0 Å². The highest BCUT2D eigenvalue weighted by Gasteiger charge is 2.64. The minimum absolute atomic E-state index is 0.0985. The van der Waals surface area contributed by atoms with Gasteiger partial charge in [0, 0.05) is 27.6 Å². The Labute approximate surface area is 344 Å². The molecule has 0 aliphatic heterocycles. The third kappa shape index (κ3) is 3.79. The standard InChI is InChI=1S/C57H53N/c1-33-36-25-35-27-38(29-36)57(50(33)28-35)49-17-9-6-12-42(49)45-24-22-40(31-52(45)57)58(53-18-10-14-46-43-13-4-7-15-47(43)55(2,3)54(46)53)39-21-23-44-41-11-5-8-16-48(41)56(51(44)30-39)32-34-19-20-37(56)26-34/h4-18,21-24,30-31,33-38,50H,19-20,25-29,32H2,1-3H3/t33-,34?,35?,36?,37?,38?,50?,56?,57?/m0/s1. The zero-order chi connectivity index (χ0) is 38.3. The highest BCUT2D eigenvalue weighted by molar-refractivity contribution is 5.93. The van der Waals surface area contributed by atoms with Crippen molar-refractivity contribution in [2.75, 3.05) is 4.90 Å². The summed E-state index contributed by atoms with van der Waals surface area (Å²) in [5, 5.41) is 0. The van der Waals surface area contributed by atoms with Gasteiger partial charge in [0.25, 0.3) is 0 Å². The second kappa shape index (κ2) is 11.0. The van der Waals surface area contributed by atoms with Gasteiger partial charge in [-0.05, 0) is 183 Å². The van der Waals surface area contributed by atoms with Crippen LogP contribution in [0.4, 0.5) is 17.1 Å². The average molecular weight is 752 g/mol. The summed E-state index contributed by atoms with van der Waals surface area (Å²) in [5.74, 6) is 5.58. The molecule has 6 aromatic rings. The largest absolute Gasteiger partial charge is 0.310 e. The summed E-state index contributed by atoms with van der Waals surface area (Å²) in [6, 6.07) is 50.9. The second-order valence-corrected chi connectivity index (χ2v) is 20.9. The zero-order valence-electron chi connectivity index (χ0n) is 34.3. The maximum atomic E-state index is 2.73. The van der Waals surface area contributed by atoms with Gasteiger partial charge in [-0.15, -0.1) is 0 Å². The lowest BCUT2D eigenvalue weighted by Crippen LogP contribution is -2.58. The third-order valence-corrected chi connectivity index (χ3v) is 18.5. The van der Waals surface area contributed by atoms with E-state index in [4.69, 9.17) is 0 Å². The average Bonchev–Trinajstić information content (AvgIpc) is 4.05. The molecule has 0 saturated heterocycles. The van der Waals surface area contributed by atoms with Crippen molar-refractivity contribution in [2.24, 2.45) is 41.4 Å². The Morgan fingerprint density at radius 2 is 1.12 bits per heavy atom. The van der Waals surface area contributed by atoms with Crippen LogP contribution in [0.3, 0.4) is 0 Å². The fraction of sp³-hybridized carbons (Fsp3) is 0.368. The Morgan fingerprint density at radius 3 is 1.86 bits per heavy atom. The molecule has 9 aliphatic carbocycles. The molecule has 6 bridgehead atoms. The fourth-order valence-electron chi connectivity index (χ4n) is 16.5. The van der Waals surface area contributed by atoms with E-state index in [9.17, 15) is 0 Å². The van der Waals surface area contributed by atoms with E-state index in [-0.39, 0.29) is 16.2 Å². The van der Waals surface area contributed by atoms with Crippen LogP contribution in [0.25, 0.3) is 33.4 Å². The number of hydrogen-bond donors (Lipinski definition) is 0. The lowest BCUT2D eigenvalue weighted by atomic mass is 9.40. The van der Waals surface area contributed by atoms with Crippen LogP contribution >= 0.6 is 0 Å². The van der Waals surface area contributed by atoms with Crippen LogP contribution in [0.1, 0.15) is 106 Å². The third-order valence-electron chi connectivity index (χ3n) is 18.5.